The van der Waals surface area contributed by atoms with Crippen LogP contribution in [0.3, 0.4) is 0 Å². The van der Waals surface area contributed by atoms with Gasteiger partial charge in [0.2, 0.25) is 0 Å². The van der Waals surface area contributed by atoms with Crippen LogP contribution < -0.4 is 0 Å². The number of hydrogen-bond donors (Lipinski definition) is 0. The van der Waals surface area contributed by atoms with Crippen molar-refractivity contribution in [3.8, 4) is 0 Å². The van der Waals surface area contributed by atoms with E-state index >= 15 is 0 Å². The molecule has 0 saturated heterocycles. The molecular formula is C14H21F. The van der Waals surface area contributed by atoms with Crippen molar-refractivity contribution in [2.24, 2.45) is 0 Å². The molecule has 1 rings (SSSR count). The van der Waals surface area contributed by atoms with Gasteiger partial charge in [0.1, 0.15) is 5.82 Å². The van der Waals surface area contributed by atoms with Gasteiger partial charge in [0, 0.05) is 0 Å². The van der Waals surface area contributed by atoms with Crippen LogP contribution in [-0.2, 0) is 0 Å². The Bertz CT molecular complexity index is 278. The second kappa shape index (κ2) is 5.89. The number of rotatable bonds is 5. The lowest BCUT2D eigenvalue weighted by molar-refractivity contribution is 0.552. The minimum atomic E-state index is -0.0952. The predicted octanol–water partition coefficient (Wildman–Crippen LogP) is 4.82. The smallest absolute Gasteiger partial charge is 0.123 e. The maximum atomic E-state index is 13.3. The molecule has 1 aromatic carbocycles. The first kappa shape index (κ1) is 12.2. The van der Waals surface area contributed by atoms with E-state index in [0.717, 1.165) is 18.4 Å². The van der Waals surface area contributed by atoms with E-state index < -0.39 is 0 Å². The van der Waals surface area contributed by atoms with Gasteiger partial charge in [-0.25, -0.2) is 4.39 Å². The molecule has 0 amide bonds. The Labute approximate surface area is 92.5 Å². The molecule has 0 atom stereocenters. The molecule has 0 heterocycles. The van der Waals surface area contributed by atoms with Gasteiger partial charge < -0.3 is 0 Å². The Morgan fingerprint density at radius 3 is 2.13 bits per heavy atom. The topological polar surface area (TPSA) is 0 Å². The van der Waals surface area contributed by atoms with Crippen molar-refractivity contribution < 1.29 is 4.39 Å². The van der Waals surface area contributed by atoms with Crippen LogP contribution in [0.25, 0.3) is 0 Å². The molecule has 0 fully saturated rings. The van der Waals surface area contributed by atoms with E-state index in [4.69, 9.17) is 0 Å². The molecule has 1 aromatic rings. The first-order chi connectivity index (χ1) is 7.17. The Hall–Kier alpha value is -0.850. The molecule has 0 aromatic heterocycles. The Balaban J connectivity index is 2.88. The fourth-order valence-electron chi connectivity index (χ4n) is 2.17. The van der Waals surface area contributed by atoms with E-state index in [1.54, 1.807) is 12.1 Å². The minimum absolute atomic E-state index is 0.0952. The fraction of sp³-hybridized carbons (Fsp3) is 0.571. The van der Waals surface area contributed by atoms with Crippen molar-refractivity contribution in [3.05, 3.63) is 35.1 Å². The van der Waals surface area contributed by atoms with Crippen LogP contribution in [0.1, 0.15) is 56.6 Å². The third-order valence-corrected chi connectivity index (χ3v) is 2.81. The SMILES string of the molecule is CCCC(CCC)c1cc(C)cc(F)c1. The number of hydrogen-bond acceptors (Lipinski definition) is 0. The molecule has 0 spiro atoms. The van der Waals surface area contributed by atoms with E-state index in [0.29, 0.717) is 5.92 Å². The zero-order chi connectivity index (χ0) is 11.3. The van der Waals surface area contributed by atoms with Gasteiger partial charge in [-0.05, 0) is 48.9 Å². The van der Waals surface area contributed by atoms with Crippen LogP contribution in [0.15, 0.2) is 18.2 Å². The first-order valence-electron chi connectivity index (χ1n) is 5.94. The molecule has 0 aliphatic rings. The van der Waals surface area contributed by atoms with Gasteiger partial charge in [-0.2, -0.15) is 0 Å². The van der Waals surface area contributed by atoms with Crippen molar-refractivity contribution in [3.63, 3.8) is 0 Å². The maximum Gasteiger partial charge on any atom is 0.123 e. The van der Waals surface area contributed by atoms with Crippen LogP contribution in [0, 0.1) is 12.7 Å². The molecule has 1 heteroatoms. The van der Waals surface area contributed by atoms with Crippen molar-refractivity contribution >= 4 is 0 Å². The molecule has 0 aliphatic carbocycles. The third kappa shape index (κ3) is 3.65. The summed E-state index contributed by atoms with van der Waals surface area (Å²) >= 11 is 0. The average molecular weight is 208 g/mol. The summed E-state index contributed by atoms with van der Waals surface area (Å²) in [5.41, 5.74) is 2.21. The molecule has 0 N–H and O–H groups in total. The molecule has 0 bridgehead atoms. The molecule has 15 heavy (non-hydrogen) atoms. The fourth-order valence-corrected chi connectivity index (χ4v) is 2.17. The molecule has 0 saturated carbocycles. The normalized spacial score (nSPS) is 11.0. The van der Waals surface area contributed by atoms with Gasteiger partial charge in [-0.3, -0.25) is 0 Å². The van der Waals surface area contributed by atoms with Gasteiger partial charge in [-0.15, -0.1) is 0 Å². The molecule has 0 unspecified atom stereocenters. The van der Waals surface area contributed by atoms with Crippen LogP contribution in [0.5, 0.6) is 0 Å². The van der Waals surface area contributed by atoms with Crippen molar-refractivity contribution in [2.45, 2.75) is 52.4 Å². The largest absolute Gasteiger partial charge is 0.207 e. The van der Waals surface area contributed by atoms with Crippen LogP contribution >= 0.6 is 0 Å². The Morgan fingerprint density at radius 2 is 1.67 bits per heavy atom. The van der Waals surface area contributed by atoms with E-state index in [1.165, 1.54) is 18.4 Å². The highest BCUT2D eigenvalue weighted by atomic mass is 19.1. The lowest BCUT2D eigenvalue weighted by atomic mass is 9.89. The standard InChI is InChI=1S/C14H21F/c1-4-6-12(7-5-2)13-8-11(3)9-14(15)10-13/h8-10,12H,4-7H2,1-3H3. The summed E-state index contributed by atoms with van der Waals surface area (Å²) in [6, 6.07) is 5.42. The van der Waals surface area contributed by atoms with Crippen LogP contribution in [0.4, 0.5) is 4.39 Å². The monoisotopic (exact) mass is 208 g/mol. The Morgan fingerprint density at radius 1 is 1.07 bits per heavy atom. The summed E-state index contributed by atoms with van der Waals surface area (Å²) in [6.07, 6.45) is 4.66. The molecule has 0 nitrogen and oxygen atoms in total. The molecule has 0 radical (unpaired) electrons. The number of halogens is 1. The summed E-state index contributed by atoms with van der Waals surface area (Å²) in [4.78, 5) is 0. The highest BCUT2D eigenvalue weighted by molar-refractivity contribution is 5.26. The highest BCUT2D eigenvalue weighted by Gasteiger charge is 2.10. The predicted molar refractivity (Wildman–Crippen MR) is 63.7 cm³/mol. The van der Waals surface area contributed by atoms with Crippen LogP contribution in [0.2, 0.25) is 0 Å². The van der Waals surface area contributed by atoms with Gasteiger partial charge >= 0.3 is 0 Å². The summed E-state index contributed by atoms with van der Waals surface area (Å²) < 4.78 is 13.3. The second-order valence-electron chi connectivity index (χ2n) is 4.34. The van der Waals surface area contributed by atoms with E-state index in [2.05, 4.69) is 19.9 Å². The van der Waals surface area contributed by atoms with Crippen molar-refractivity contribution in [1.29, 1.82) is 0 Å². The lowest BCUT2D eigenvalue weighted by Crippen LogP contribution is -1.99. The zero-order valence-corrected chi connectivity index (χ0v) is 10.0. The first-order valence-corrected chi connectivity index (χ1v) is 5.94. The van der Waals surface area contributed by atoms with Gasteiger partial charge in [-0.1, -0.05) is 32.8 Å². The van der Waals surface area contributed by atoms with Crippen molar-refractivity contribution in [1.82, 2.24) is 0 Å². The lowest BCUT2D eigenvalue weighted by Gasteiger charge is -2.16. The Kier molecular flexibility index (Phi) is 4.80. The average Bonchev–Trinajstić information content (AvgIpc) is 2.16. The van der Waals surface area contributed by atoms with Gasteiger partial charge in [0.15, 0.2) is 0 Å². The van der Waals surface area contributed by atoms with Crippen LogP contribution in [-0.4, -0.2) is 0 Å². The minimum Gasteiger partial charge on any atom is -0.207 e. The molecule has 0 aliphatic heterocycles. The second-order valence-corrected chi connectivity index (χ2v) is 4.34. The molecule has 84 valence electrons. The van der Waals surface area contributed by atoms with E-state index in [9.17, 15) is 4.39 Å². The van der Waals surface area contributed by atoms with E-state index in [1.807, 2.05) is 6.92 Å². The summed E-state index contributed by atoms with van der Waals surface area (Å²) in [5, 5.41) is 0. The van der Waals surface area contributed by atoms with Gasteiger partial charge in [0.05, 0.1) is 0 Å². The third-order valence-electron chi connectivity index (χ3n) is 2.81. The van der Waals surface area contributed by atoms with E-state index in [-0.39, 0.29) is 5.82 Å². The quantitative estimate of drug-likeness (QED) is 0.651. The summed E-state index contributed by atoms with van der Waals surface area (Å²) in [6.45, 7) is 6.34. The van der Waals surface area contributed by atoms with Gasteiger partial charge in [0.25, 0.3) is 0 Å². The van der Waals surface area contributed by atoms with Crippen molar-refractivity contribution in [2.75, 3.05) is 0 Å². The number of aryl methyl sites for hydroxylation is 1. The maximum absolute atomic E-state index is 13.3. The molecular weight excluding hydrogens is 187 g/mol. The summed E-state index contributed by atoms with van der Waals surface area (Å²) in [5.74, 6) is 0.441. The zero-order valence-electron chi connectivity index (χ0n) is 10.0. The highest BCUT2D eigenvalue weighted by Crippen LogP contribution is 2.27. The number of benzene rings is 1. The summed E-state index contributed by atoms with van der Waals surface area (Å²) in [7, 11) is 0.